The highest BCUT2D eigenvalue weighted by Gasteiger charge is 2.24. The molecule has 0 unspecified atom stereocenters. The van der Waals surface area contributed by atoms with E-state index in [1.165, 1.54) is 0 Å². The monoisotopic (exact) mass is 348 g/mol. The van der Waals surface area contributed by atoms with Crippen LogP contribution in [0.2, 0.25) is 0 Å². The van der Waals surface area contributed by atoms with Gasteiger partial charge in [-0.1, -0.05) is 30.7 Å². The summed E-state index contributed by atoms with van der Waals surface area (Å²) in [6, 6.07) is 9.67. The average molecular weight is 348 g/mol. The molecule has 0 radical (unpaired) electrons. The van der Waals surface area contributed by atoms with Gasteiger partial charge in [-0.25, -0.2) is 12.7 Å². The summed E-state index contributed by atoms with van der Waals surface area (Å²) >= 11 is 0. The first kappa shape index (κ1) is 17.1. The predicted molar refractivity (Wildman–Crippen MR) is 93.6 cm³/mol. The van der Waals surface area contributed by atoms with Crippen LogP contribution in [0.5, 0.6) is 0 Å². The summed E-state index contributed by atoms with van der Waals surface area (Å²) in [7, 11) is -3.24. The molecule has 0 amide bonds. The number of benzene rings is 1. The third-order valence-electron chi connectivity index (χ3n) is 4.35. The largest absolute Gasteiger partial charge is 0.307 e. The number of rotatable bonds is 7. The molecule has 2 N–H and O–H groups in total. The number of aromatic amines is 1. The summed E-state index contributed by atoms with van der Waals surface area (Å²) in [4.78, 5) is 0. The van der Waals surface area contributed by atoms with E-state index in [9.17, 15) is 8.42 Å². The standard InChI is InChI=1S/C17H24N4O2S/c22-24(23,21-10-4-1-5-11-21)14-16-7-3-2-6-15(16)12-18-13-17-8-9-19-20-17/h2-3,6-9,18H,1,4-5,10-14H2,(H,19,20). The number of piperidine rings is 1. The summed E-state index contributed by atoms with van der Waals surface area (Å²) in [5.74, 6) is 0.0783. The van der Waals surface area contributed by atoms with Gasteiger partial charge in [0.2, 0.25) is 10.0 Å². The zero-order valence-corrected chi connectivity index (χ0v) is 14.6. The second-order valence-corrected chi connectivity index (χ2v) is 8.14. The zero-order chi connectivity index (χ0) is 16.8. The van der Waals surface area contributed by atoms with Crippen LogP contribution in [0.25, 0.3) is 0 Å². The molecule has 2 aromatic rings. The molecule has 0 bridgehead atoms. The molecule has 1 fully saturated rings. The fourth-order valence-corrected chi connectivity index (χ4v) is 4.69. The molecule has 24 heavy (non-hydrogen) atoms. The van der Waals surface area contributed by atoms with Crippen molar-refractivity contribution in [2.75, 3.05) is 13.1 Å². The topological polar surface area (TPSA) is 78.1 Å². The third-order valence-corrected chi connectivity index (χ3v) is 6.18. The van der Waals surface area contributed by atoms with Crippen molar-refractivity contribution in [3.8, 4) is 0 Å². The molecule has 1 aromatic heterocycles. The van der Waals surface area contributed by atoms with Gasteiger partial charge in [0.05, 0.1) is 5.75 Å². The molecular formula is C17H24N4O2S. The Morgan fingerprint density at radius 3 is 2.50 bits per heavy atom. The van der Waals surface area contributed by atoms with E-state index >= 15 is 0 Å². The lowest BCUT2D eigenvalue weighted by Gasteiger charge is -2.26. The number of nitrogens with one attached hydrogen (secondary N) is 2. The van der Waals surface area contributed by atoms with Gasteiger partial charge < -0.3 is 5.32 Å². The van der Waals surface area contributed by atoms with Crippen LogP contribution in [-0.4, -0.2) is 36.0 Å². The fraction of sp³-hybridized carbons (Fsp3) is 0.471. The van der Waals surface area contributed by atoms with Gasteiger partial charge in [0.25, 0.3) is 0 Å². The summed E-state index contributed by atoms with van der Waals surface area (Å²) < 4.78 is 27.0. The van der Waals surface area contributed by atoms with Crippen LogP contribution in [0.3, 0.4) is 0 Å². The molecule has 2 heterocycles. The Balaban J connectivity index is 1.64. The van der Waals surface area contributed by atoms with E-state index in [1.807, 2.05) is 30.3 Å². The van der Waals surface area contributed by atoms with Crippen LogP contribution in [0.1, 0.15) is 36.1 Å². The first-order valence-corrected chi connectivity index (χ1v) is 10.00. The van der Waals surface area contributed by atoms with Crippen molar-refractivity contribution in [1.82, 2.24) is 19.8 Å². The van der Waals surface area contributed by atoms with E-state index in [0.717, 1.165) is 36.1 Å². The van der Waals surface area contributed by atoms with E-state index < -0.39 is 10.0 Å². The smallest absolute Gasteiger partial charge is 0.218 e. The third kappa shape index (κ3) is 4.43. The Kier molecular flexibility index (Phi) is 5.65. The van der Waals surface area contributed by atoms with E-state index in [0.29, 0.717) is 26.2 Å². The van der Waals surface area contributed by atoms with E-state index in [2.05, 4.69) is 15.5 Å². The average Bonchev–Trinajstić information content (AvgIpc) is 3.10. The van der Waals surface area contributed by atoms with Gasteiger partial charge in [-0.2, -0.15) is 5.10 Å². The number of H-pyrrole nitrogens is 1. The predicted octanol–water partition coefficient (Wildman–Crippen LogP) is 2.02. The van der Waals surface area contributed by atoms with Crippen LogP contribution < -0.4 is 5.32 Å². The van der Waals surface area contributed by atoms with Gasteiger partial charge in [-0.05, 0) is 30.0 Å². The molecule has 0 saturated carbocycles. The Morgan fingerprint density at radius 2 is 1.79 bits per heavy atom. The number of hydrogen-bond donors (Lipinski definition) is 2. The van der Waals surface area contributed by atoms with Crippen molar-refractivity contribution in [2.45, 2.75) is 38.1 Å². The molecule has 0 aliphatic carbocycles. The SMILES string of the molecule is O=S(=O)(Cc1ccccc1CNCc1ccn[nH]1)N1CCCCC1. The van der Waals surface area contributed by atoms with Crippen molar-refractivity contribution in [3.05, 3.63) is 53.3 Å². The number of nitrogens with zero attached hydrogens (tertiary/aromatic N) is 2. The maximum absolute atomic E-state index is 12.7. The summed E-state index contributed by atoms with van der Waals surface area (Å²) in [5.41, 5.74) is 2.91. The molecule has 0 spiro atoms. The first-order valence-electron chi connectivity index (χ1n) is 8.39. The minimum absolute atomic E-state index is 0.0783. The van der Waals surface area contributed by atoms with Crippen LogP contribution in [0.15, 0.2) is 36.5 Å². The minimum Gasteiger partial charge on any atom is -0.307 e. The van der Waals surface area contributed by atoms with Gasteiger partial charge in [0.15, 0.2) is 0 Å². The maximum atomic E-state index is 12.7. The fourth-order valence-electron chi connectivity index (χ4n) is 3.02. The molecule has 3 rings (SSSR count). The summed E-state index contributed by atoms with van der Waals surface area (Å²) in [6.07, 6.45) is 4.77. The van der Waals surface area contributed by atoms with Gasteiger partial charge in [0, 0.05) is 38.1 Å². The Hall–Kier alpha value is -1.70. The van der Waals surface area contributed by atoms with Crippen LogP contribution in [0.4, 0.5) is 0 Å². The van der Waals surface area contributed by atoms with Crippen molar-refractivity contribution in [1.29, 1.82) is 0 Å². The molecule has 130 valence electrons. The van der Waals surface area contributed by atoms with Gasteiger partial charge in [0.1, 0.15) is 0 Å². The highest BCUT2D eigenvalue weighted by atomic mass is 32.2. The maximum Gasteiger partial charge on any atom is 0.218 e. The second-order valence-electron chi connectivity index (χ2n) is 6.17. The molecule has 1 saturated heterocycles. The number of aromatic nitrogens is 2. The lowest BCUT2D eigenvalue weighted by atomic mass is 10.1. The van der Waals surface area contributed by atoms with Crippen molar-refractivity contribution >= 4 is 10.0 Å². The van der Waals surface area contributed by atoms with Crippen molar-refractivity contribution < 1.29 is 8.42 Å². The van der Waals surface area contributed by atoms with Crippen LogP contribution in [0, 0.1) is 0 Å². The summed E-state index contributed by atoms with van der Waals surface area (Å²) in [6.45, 7) is 2.61. The molecule has 1 aromatic carbocycles. The molecule has 0 atom stereocenters. The molecular weight excluding hydrogens is 324 g/mol. The Labute approximate surface area is 143 Å². The number of hydrogen-bond acceptors (Lipinski definition) is 4. The zero-order valence-electron chi connectivity index (χ0n) is 13.7. The van der Waals surface area contributed by atoms with Gasteiger partial charge in [-0.15, -0.1) is 0 Å². The Bertz CT molecular complexity index is 738. The van der Waals surface area contributed by atoms with E-state index in [-0.39, 0.29) is 5.75 Å². The van der Waals surface area contributed by atoms with Gasteiger partial charge in [-0.3, -0.25) is 5.10 Å². The molecule has 1 aliphatic heterocycles. The van der Waals surface area contributed by atoms with Crippen molar-refractivity contribution in [3.63, 3.8) is 0 Å². The molecule has 7 heteroatoms. The van der Waals surface area contributed by atoms with E-state index in [1.54, 1.807) is 10.5 Å². The lowest BCUT2D eigenvalue weighted by Crippen LogP contribution is -2.36. The van der Waals surface area contributed by atoms with Crippen molar-refractivity contribution in [2.24, 2.45) is 0 Å². The Morgan fingerprint density at radius 1 is 1.04 bits per heavy atom. The quantitative estimate of drug-likeness (QED) is 0.802. The molecule has 6 nitrogen and oxygen atoms in total. The molecule has 1 aliphatic rings. The lowest BCUT2D eigenvalue weighted by molar-refractivity contribution is 0.346. The highest BCUT2D eigenvalue weighted by Crippen LogP contribution is 2.19. The number of sulfonamides is 1. The minimum atomic E-state index is -3.24. The normalized spacial score (nSPS) is 16.3. The second kappa shape index (κ2) is 7.92. The summed E-state index contributed by atoms with van der Waals surface area (Å²) in [5, 5.41) is 10.2. The first-order chi connectivity index (χ1) is 11.6. The van der Waals surface area contributed by atoms with E-state index in [4.69, 9.17) is 0 Å². The van der Waals surface area contributed by atoms with Crippen LogP contribution >= 0.6 is 0 Å². The van der Waals surface area contributed by atoms with Crippen LogP contribution in [-0.2, 0) is 28.9 Å². The van der Waals surface area contributed by atoms with Gasteiger partial charge >= 0.3 is 0 Å². The highest BCUT2D eigenvalue weighted by molar-refractivity contribution is 7.88.